The molecule has 0 amide bonds. The van der Waals surface area contributed by atoms with Gasteiger partial charge in [-0.2, -0.15) is 0 Å². The van der Waals surface area contributed by atoms with Crippen molar-refractivity contribution in [2.75, 3.05) is 6.54 Å². The lowest BCUT2D eigenvalue weighted by Gasteiger charge is -2.04. The van der Waals surface area contributed by atoms with Crippen molar-refractivity contribution in [3.63, 3.8) is 0 Å². The number of nitrogens with one attached hydrogen (secondary N) is 1. The minimum absolute atomic E-state index is 0.420. The van der Waals surface area contributed by atoms with Crippen molar-refractivity contribution in [2.45, 2.75) is 46.1 Å². The first-order valence-electron chi connectivity index (χ1n) is 8.24. The van der Waals surface area contributed by atoms with E-state index >= 15 is 0 Å². The van der Waals surface area contributed by atoms with E-state index in [2.05, 4.69) is 29.1 Å². The minimum atomic E-state index is 0.420. The summed E-state index contributed by atoms with van der Waals surface area (Å²) in [5, 5.41) is 3.13. The van der Waals surface area contributed by atoms with Crippen LogP contribution in [0, 0.1) is 6.92 Å². The first kappa shape index (κ1) is 17.1. The number of aromatic nitrogens is 1. The van der Waals surface area contributed by atoms with Gasteiger partial charge in [0, 0.05) is 12.1 Å². The molecule has 0 unspecified atom stereocenters. The van der Waals surface area contributed by atoms with Crippen LogP contribution in [-0.2, 0) is 6.54 Å². The summed E-state index contributed by atoms with van der Waals surface area (Å²) >= 11 is 0. The molecule has 2 aromatic rings. The Hall–Kier alpha value is -2.30. The van der Waals surface area contributed by atoms with Crippen LogP contribution in [0.3, 0.4) is 0 Å². The average molecular weight is 314 g/mol. The second kappa shape index (κ2) is 8.98. The molecule has 0 aliphatic rings. The fourth-order valence-electron chi connectivity index (χ4n) is 2.20. The molecule has 1 aromatic heterocycles. The Morgan fingerprint density at radius 2 is 2.00 bits per heavy atom. The summed E-state index contributed by atoms with van der Waals surface area (Å²) in [5.41, 5.74) is 8.80. The first-order valence-corrected chi connectivity index (χ1v) is 8.24. The zero-order valence-electron chi connectivity index (χ0n) is 14.0. The number of unbranched alkanes of at least 4 members (excludes halogenated alkanes) is 3. The van der Waals surface area contributed by atoms with Crippen LogP contribution in [0.2, 0.25) is 0 Å². The van der Waals surface area contributed by atoms with E-state index in [1.54, 1.807) is 6.26 Å². The number of guanidine groups is 1. The van der Waals surface area contributed by atoms with Gasteiger partial charge >= 0.3 is 0 Å². The number of hydrogen-bond acceptors (Lipinski definition) is 3. The van der Waals surface area contributed by atoms with Gasteiger partial charge in [0.2, 0.25) is 5.89 Å². The molecule has 1 heterocycles. The van der Waals surface area contributed by atoms with Crippen LogP contribution in [-0.4, -0.2) is 17.5 Å². The van der Waals surface area contributed by atoms with Gasteiger partial charge in [-0.15, -0.1) is 0 Å². The summed E-state index contributed by atoms with van der Waals surface area (Å²) in [6, 6.07) is 8.08. The second-order valence-corrected chi connectivity index (χ2v) is 5.70. The Morgan fingerprint density at radius 1 is 1.22 bits per heavy atom. The third-order valence-corrected chi connectivity index (χ3v) is 3.60. The first-order chi connectivity index (χ1) is 11.2. The summed E-state index contributed by atoms with van der Waals surface area (Å²) in [6.45, 7) is 5.54. The van der Waals surface area contributed by atoms with Gasteiger partial charge in [-0.3, -0.25) is 0 Å². The van der Waals surface area contributed by atoms with Crippen LogP contribution in [0.5, 0.6) is 0 Å². The predicted molar refractivity (Wildman–Crippen MR) is 94.1 cm³/mol. The number of nitrogens with zero attached hydrogens (tertiary/aromatic N) is 2. The van der Waals surface area contributed by atoms with Crippen molar-refractivity contribution in [3.8, 4) is 11.5 Å². The monoisotopic (exact) mass is 314 g/mol. The van der Waals surface area contributed by atoms with Crippen molar-refractivity contribution in [3.05, 3.63) is 41.8 Å². The smallest absolute Gasteiger partial charge is 0.226 e. The van der Waals surface area contributed by atoms with Crippen LogP contribution in [0.1, 0.15) is 43.9 Å². The van der Waals surface area contributed by atoms with Gasteiger partial charge in [-0.05, 0) is 25.5 Å². The molecule has 0 saturated carbocycles. The molecular weight excluding hydrogens is 288 g/mol. The van der Waals surface area contributed by atoms with Gasteiger partial charge in [-0.25, -0.2) is 9.98 Å². The fourth-order valence-corrected chi connectivity index (χ4v) is 2.20. The maximum absolute atomic E-state index is 5.85. The van der Waals surface area contributed by atoms with Crippen molar-refractivity contribution in [1.82, 2.24) is 10.3 Å². The van der Waals surface area contributed by atoms with E-state index in [1.165, 1.54) is 24.8 Å². The Bertz CT molecular complexity index is 616. The zero-order chi connectivity index (χ0) is 16.5. The molecule has 0 spiro atoms. The molecular formula is C18H26N4O. The van der Waals surface area contributed by atoms with Crippen molar-refractivity contribution in [2.24, 2.45) is 10.7 Å². The molecule has 1 aromatic carbocycles. The minimum Gasteiger partial charge on any atom is -0.444 e. The van der Waals surface area contributed by atoms with E-state index in [0.717, 1.165) is 24.2 Å². The lowest BCUT2D eigenvalue weighted by molar-refractivity contribution is 0.572. The highest BCUT2D eigenvalue weighted by molar-refractivity contribution is 5.77. The number of rotatable bonds is 8. The van der Waals surface area contributed by atoms with Crippen LogP contribution in [0.15, 0.2) is 39.9 Å². The molecule has 5 nitrogen and oxygen atoms in total. The summed E-state index contributed by atoms with van der Waals surface area (Å²) in [6.07, 6.45) is 6.47. The molecule has 0 atom stereocenters. The summed E-state index contributed by atoms with van der Waals surface area (Å²) in [5.74, 6) is 1.07. The quantitative estimate of drug-likeness (QED) is 0.443. The van der Waals surface area contributed by atoms with E-state index in [-0.39, 0.29) is 0 Å². The van der Waals surface area contributed by atoms with E-state index in [9.17, 15) is 0 Å². The molecule has 124 valence electrons. The van der Waals surface area contributed by atoms with Gasteiger partial charge in [0.15, 0.2) is 5.96 Å². The lowest BCUT2D eigenvalue weighted by atomic mass is 10.1. The summed E-state index contributed by atoms with van der Waals surface area (Å²) < 4.78 is 5.51. The highest BCUT2D eigenvalue weighted by Crippen LogP contribution is 2.19. The predicted octanol–water partition coefficient (Wildman–Crippen LogP) is 3.63. The topological polar surface area (TPSA) is 76.4 Å². The van der Waals surface area contributed by atoms with E-state index in [0.29, 0.717) is 18.4 Å². The van der Waals surface area contributed by atoms with Gasteiger partial charge < -0.3 is 15.5 Å². The van der Waals surface area contributed by atoms with Gasteiger partial charge in [0.25, 0.3) is 0 Å². The third-order valence-electron chi connectivity index (χ3n) is 3.60. The zero-order valence-corrected chi connectivity index (χ0v) is 14.0. The van der Waals surface area contributed by atoms with Crippen LogP contribution >= 0.6 is 0 Å². The molecule has 0 bridgehead atoms. The molecule has 5 heteroatoms. The Balaban J connectivity index is 1.82. The fraction of sp³-hybridized carbons (Fsp3) is 0.444. The van der Waals surface area contributed by atoms with Gasteiger partial charge in [-0.1, -0.05) is 43.9 Å². The largest absolute Gasteiger partial charge is 0.444 e. The van der Waals surface area contributed by atoms with Gasteiger partial charge in [0.1, 0.15) is 12.0 Å². The molecule has 0 saturated heterocycles. The third kappa shape index (κ3) is 5.77. The SMILES string of the molecule is CCCCCCNC(N)=NCc1coc(-c2ccc(C)cc2)n1. The number of benzene rings is 1. The van der Waals surface area contributed by atoms with Crippen molar-refractivity contribution >= 4 is 5.96 Å². The number of hydrogen-bond donors (Lipinski definition) is 2. The van der Waals surface area contributed by atoms with Crippen molar-refractivity contribution in [1.29, 1.82) is 0 Å². The molecule has 0 aliphatic heterocycles. The van der Waals surface area contributed by atoms with Gasteiger partial charge in [0.05, 0.1) is 6.54 Å². The highest BCUT2D eigenvalue weighted by atomic mass is 16.3. The number of aryl methyl sites for hydroxylation is 1. The standard InChI is InChI=1S/C18H26N4O/c1-3-4-5-6-11-20-18(19)21-12-16-13-23-17(22-16)15-9-7-14(2)8-10-15/h7-10,13H,3-6,11-12H2,1-2H3,(H3,19,20,21). The van der Waals surface area contributed by atoms with E-state index in [4.69, 9.17) is 10.2 Å². The highest BCUT2D eigenvalue weighted by Gasteiger charge is 2.06. The Labute approximate surface area is 138 Å². The van der Waals surface area contributed by atoms with E-state index < -0.39 is 0 Å². The van der Waals surface area contributed by atoms with Crippen LogP contribution < -0.4 is 11.1 Å². The second-order valence-electron chi connectivity index (χ2n) is 5.70. The van der Waals surface area contributed by atoms with E-state index in [1.807, 2.05) is 24.3 Å². The number of oxazole rings is 1. The molecule has 0 aliphatic carbocycles. The van der Waals surface area contributed by atoms with Crippen LogP contribution in [0.25, 0.3) is 11.5 Å². The summed E-state index contributed by atoms with van der Waals surface area (Å²) in [7, 11) is 0. The molecule has 23 heavy (non-hydrogen) atoms. The average Bonchev–Trinajstić information content (AvgIpc) is 3.02. The molecule has 2 rings (SSSR count). The Kier molecular flexibility index (Phi) is 6.66. The molecule has 3 N–H and O–H groups in total. The maximum Gasteiger partial charge on any atom is 0.226 e. The maximum atomic E-state index is 5.85. The van der Waals surface area contributed by atoms with Crippen LogP contribution in [0.4, 0.5) is 0 Å². The number of aliphatic imine (C=N–C) groups is 1. The molecule has 0 fully saturated rings. The van der Waals surface area contributed by atoms with Crippen molar-refractivity contribution < 1.29 is 4.42 Å². The Morgan fingerprint density at radius 3 is 2.74 bits per heavy atom. The lowest BCUT2D eigenvalue weighted by Crippen LogP contribution is -2.32. The normalized spacial score (nSPS) is 11.7. The number of nitrogens with two attached hydrogens (primary N) is 1. The molecule has 0 radical (unpaired) electrons. The summed E-state index contributed by atoms with van der Waals surface area (Å²) in [4.78, 5) is 8.74.